The molecule has 0 unspecified atom stereocenters. The molecule has 156 valence electrons. The summed E-state index contributed by atoms with van der Waals surface area (Å²) >= 11 is 1.29. The molecule has 6 nitrogen and oxygen atoms in total. The second-order valence-electron chi connectivity index (χ2n) is 7.44. The number of carbonyl (C=O) groups is 1. The molecule has 2 aliphatic heterocycles. The number of aryl methyl sites for hydroxylation is 1. The summed E-state index contributed by atoms with van der Waals surface area (Å²) in [6, 6.07) is 4.79. The van der Waals surface area contributed by atoms with Crippen LogP contribution in [0.5, 0.6) is 0 Å². The first-order valence-electron chi connectivity index (χ1n) is 9.38. The fourth-order valence-electron chi connectivity index (χ4n) is 3.81. The van der Waals surface area contributed by atoms with Crippen LogP contribution in [-0.4, -0.2) is 56.3 Å². The fourth-order valence-corrected chi connectivity index (χ4v) is 6.12. The normalized spacial score (nSPS) is 19.3. The number of alkyl halides is 2. The smallest absolute Gasteiger partial charge is 0.261 e. The van der Waals surface area contributed by atoms with Gasteiger partial charge in [0, 0.05) is 36.8 Å². The minimum Gasteiger partial charge on any atom is -0.311 e. The van der Waals surface area contributed by atoms with Crippen LogP contribution in [0.15, 0.2) is 34.7 Å². The molecule has 0 aliphatic carbocycles. The summed E-state index contributed by atoms with van der Waals surface area (Å²) < 4.78 is 52.2. The van der Waals surface area contributed by atoms with Gasteiger partial charge in [-0.2, -0.15) is 0 Å². The first-order chi connectivity index (χ1) is 13.7. The van der Waals surface area contributed by atoms with Gasteiger partial charge in [-0.15, -0.1) is 11.3 Å². The van der Waals surface area contributed by atoms with Crippen LogP contribution in [0.25, 0.3) is 0 Å². The van der Waals surface area contributed by atoms with Gasteiger partial charge in [-0.1, -0.05) is 0 Å². The average Bonchev–Trinajstić information content (AvgIpc) is 3.29. The van der Waals surface area contributed by atoms with Crippen LogP contribution in [0.3, 0.4) is 0 Å². The molecule has 0 radical (unpaired) electrons. The molecule has 1 saturated heterocycles. The SMILES string of the molecule is O=C(CN1CCC(F)(F)C1)N1CCCc2cc(S(=O)(=O)Cc3nccs3)ccc21. The molecule has 0 saturated carbocycles. The van der Waals surface area contributed by atoms with Crippen molar-refractivity contribution < 1.29 is 22.0 Å². The lowest BCUT2D eigenvalue weighted by Crippen LogP contribution is -2.42. The van der Waals surface area contributed by atoms with E-state index in [4.69, 9.17) is 0 Å². The van der Waals surface area contributed by atoms with Gasteiger partial charge in [0.1, 0.15) is 10.8 Å². The number of likely N-dealkylation sites (tertiary alicyclic amines) is 1. The lowest BCUT2D eigenvalue weighted by molar-refractivity contribution is -0.119. The number of hydrogen-bond acceptors (Lipinski definition) is 6. The Labute approximate surface area is 172 Å². The third-order valence-corrected chi connectivity index (χ3v) is 7.82. The minimum atomic E-state index is -3.53. The first kappa shape index (κ1) is 20.4. The summed E-state index contributed by atoms with van der Waals surface area (Å²) in [5, 5.41) is 2.26. The summed E-state index contributed by atoms with van der Waals surface area (Å²) in [5.74, 6) is -3.13. The molecule has 0 N–H and O–H groups in total. The van der Waals surface area contributed by atoms with Gasteiger partial charge in [-0.25, -0.2) is 22.2 Å². The molecule has 3 heterocycles. The summed E-state index contributed by atoms with van der Waals surface area (Å²) in [7, 11) is -3.53. The molecule has 1 fully saturated rings. The van der Waals surface area contributed by atoms with Crippen molar-refractivity contribution in [1.82, 2.24) is 9.88 Å². The number of hydrogen-bond donors (Lipinski definition) is 0. The number of aromatic nitrogens is 1. The van der Waals surface area contributed by atoms with Gasteiger partial charge < -0.3 is 4.90 Å². The third-order valence-electron chi connectivity index (χ3n) is 5.23. The molecule has 0 bridgehead atoms. The van der Waals surface area contributed by atoms with Crippen molar-refractivity contribution in [2.24, 2.45) is 0 Å². The van der Waals surface area contributed by atoms with Gasteiger partial charge in [0.2, 0.25) is 5.91 Å². The fraction of sp³-hybridized carbons (Fsp3) is 0.474. The van der Waals surface area contributed by atoms with E-state index in [2.05, 4.69) is 4.98 Å². The Balaban J connectivity index is 1.52. The van der Waals surface area contributed by atoms with E-state index in [1.807, 2.05) is 0 Å². The largest absolute Gasteiger partial charge is 0.311 e. The van der Waals surface area contributed by atoms with Crippen LogP contribution < -0.4 is 4.90 Å². The molecular formula is C19H21F2N3O3S2. The molecule has 4 rings (SSSR count). The molecule has 1 aromatic carbocycles. The highest BCUT2D eigenvalue weighted by molar-refractivity contribution is 7.90. The molecular weight excluding hydrogens is 420 g/mol. The number of amides is 1. The Morgan fingerprint density at radius 1 is 1.28 bits per heavy atom. The van der Waals surface area contributed by atoms with Crippen molar-refractivity contribution in [3.63, 3.8) is 0 Å². The van der Waals surface area contributed by atoms with Gasteiger partial charge >= 0.3 is 0 Å². The van der Waals surface area contributed by atoms with Gasteiger partial charge in [0.15, 0.2) is 9.84 Å². The van der Waals surface area contributed by atoms with Crippen LogP contribution >= 0.6 is 11.3 Å². The monoisotopic (exact) mass is 441 g/mol. The second kappa shape index (κ2) is 7.73. The maximum absolute atomic E-state index is 13.4. The number of fused-ring (bicyclic) bond motifs is 1. The van der Waals surface area contributed by atoms with Crippen molar-refractivity contribution in [3.05, 3.63) is 40.3 Å². The topological polar surface area (TPSA) is 70.6 Å². The van der Waals surface area contributed by atoms with Gasteiger partial charge in [-0.3, -0.25) is 9.69 Å². The van der Waals surface area contributed by atoms with E-state index >= 15 is 0 Å². The predicted molar refractivity (Wildman–Crippen MR) is 106 cm³/mol. The third kappa shape index (κ3) is 4.49. The van der Waals surface area contributed by atoms with Crippen molar-refractivity contribution in [2.45, 2.75) is 35.8 Å². The van der Waals surface area contributed by atoms with Crippen LogP contribution in [0.2, 0.25) is 0 Å². The molecule has 29 heavy (non-hydrogen) atoms. The van der Waals surface area contributed by atoms with E-state index in [1.54, 1.807) is 28.6 Å². The number of benzene rings is 1. The number of carbonyl (C=O) groups excluding carboxylic acids is 1. The van der Waals surface area contributed by atoms with Crippen LogP contribution in [0.1, 0.15) is 23.4 Å². The number of halogens is 2. The van der Waals surface area contributed by atoms with Gasteiger partial charge in [0.25, 0.3) is 5.92 Å². The number of anilines is 1. The molecule has 0 spiro atoms. The van der Waals surface area contributed by atoms with Gasteiger partial charge in [0.05, 0.1) is 18.0 Å². The van der Waals surface area contributed by atoms with Crippen LogP contribution in [0, 0.1) is 0 Å². The molecule has 1 amide bonds. The highest BCUT2D eigenvalue weighted by Gasteiger charge is 2.39. The van der Waals surface area contributed by atoms with Gasteiger partial charge in [-0.05, 0) is 36.6 Å². The van der Waals surface area contributed by atoms with Crippen molar-refractivity contribution in [3.8, 4) is 0 Å². The molecule has 1 aromatic heterocycles. The predicted octanol–water partition coefficient (Wildman–Crippen LogP) is 2.74. The average molecular weight is 442 g/mol. The number of nitrogens with zero attached hydrogens (tertiary/aromatic N) is 3. The zero-order valence-corrected chi connectivity index (χ0v) is 17.3. The molecule has 2 aliphatic rings. The zero-order chi connectivity index (χ0) is 20.6. The highest BCUT2D eigenvalue weighted by atomic mass is 32.2. The van der Waals surface area contributed by atoms with E-state index in [0.717, 1.165) is 5.56 Å². The summed E-state index contributed by atoms with van der Waals surface area (Å²) in [5.41, 5.74) is 1.46. The molecule has 10 heteroatoms. The zero-order valence-electron chi connectivity index (χ0n) is 15.7. The number of rotatable bonds is 5. The first-order valence-corrected chi connectivity index (χ1v) is 11.9. The Morgan fingerprint density at radius 3 is 2.79 bits per heavy atom. The van der Waals surface area contributed by atoms with E-state index in [-0.39, 0.29) is 36.1 Å². The maximum atomic E-state index is 13.4. The van der Waals surface area contributed by atoms with Crippen molar-refractivity contribution in [1.29, 1.82) is 0 Å². The van der Waals surface area contributed by atoms with Crippen molar-refractivity contribution in [2.75, 3.05) is 31.1 Å². The standard InChI is InChI=1S/C19H21F2N3O3S2/c20-19(21)5-8-23(13-19)11-18(25)24-7-1-2-14-10-15(3-4-16(14)24)29(26,27)12-17-22-6-9-28-17/h3-4,6,9-10H,1-2,5,7-8,11-13H2. The second-order valence-corrected chi connectivity index (χ2v) is 10.4. The highest BCUT2D eigenvalue weighted by Crippen LogP contribution is 2.32. The van der Waals surface area contributed by atoms with E-state index < -0.39 is 22.3 Å². The maximum Gasteiger partial charge on any atom is 0.261 e. The van der Waals surface area contributed by atoms with Crippen LogP contribution in [0.4, 0.5) is 14.5 Å². The molecule has 0 atom stereocenters. The Hall–Kier alpha value is -1.91. The molecule has 2 aromatic rings. The number of sulfone groups is 1. The Kier molecular flexibility index (Phi) is 5.43. The van der Waals surface area contributed by atoms with E-state index in [1.165, 1.54) is 22.3 Å². The van der Waals surface area contributed by atoms with Crippen LogP contribution in [-0.2, 0) is 26.8 Å². The Morgan fingerprint density at radius 2 is 2.10 bits per heavy atom. The lowest BCUT2D eigenvalue weighted by Gasteiger charge is -2.31. The number of thiazole rings is 1. The van der Waals surface area contributed by atoms with Crippen molar-refractivity contribution >= 4 is 32.8 Å². The summed E-state index contributed by atoms with van der Waals surface area (Å²) in [6.45, 7) is 0.251. The summed E-state index contributed by atoms with van der Waals surface area (Å²) in [6.07, 6.45) is 2.71. The quantitative estimate of drug-likeness (QED) is 0.714. The lowest BCUT2D eigenvalue weighted by atomic mass is 10.0. The van der Waals surface area contributed by atoms with E-state index in [0.29, 0.717) is 30.1 Å². The van der Waals surface area contributed by atoms with E-state index in [9.17, 15) is 22.0 Å². The summed E-state index contributed by atoms with van der Waals surface area (Å²) in [4.78, 5) is 20.0. The minimum absolute atomic E-state index is 0.0564. The Bertz CT molecular complexity index is 1010.